The number of nitrogens with two attached hydrogens (primary N) is 1. The molecular formula is C15H22N2. The Bertz CT molecular complexity index is 398. The second-order valence-electron chi connectivity index (χ2n) is 5.82. The SMILES string of the molecule is CC1CC1C(NN)c1cccc(C2CCC2)c1. The summed E-state index contributed by atoms with van der Waals surface area (Å²) in [5, 5.41) is 0. The van der Waals surface area contributed by atoms with E-state index in [9.17, 15) is 0 Å². The van der Waals surface area contributed by atoms with E-state index in [1.807, 2.05) is 0 Å². The van der Waals surface area contributed by atoms with Gasteiger partial charge >= 0.3 is 0 Å². The van der Waals surface area contributed by atoms with Crippen molar-refractivity contribution in [3.63, 3.8) is 0 Å². The van der Waals surface area contributed by atoms with Gasteiger partial charge in [0.05, 0.1) is 0 Å². The number of hydrazine groups is 1. The minimum atomic E-state index is 0.352. The quantitative estimate of drug-likeness (QED) is 0.616. The van der Waals surface area contributed by atoms with Crippen LogP contribution in [0.25, 0.3) is 0 Å². The fraction of sp³-hybridized carbons (Fsp3) is 0.600. The number of hydrogen-bond acceptors (Lipinski definition) is 2. The normalized spacial score (nSPS) is 29.8. The topological polar surface area (TPSA) is 38.0 Å². The van der Waals surface area contributed by atoms with E-state index < -0.39 is 0 Å². The van der Waals surface area contributed by atoms with Gasteiger partial charge in [-0.15, -0.1) is 0 Å². The van der Waals surface area contributed by atoms with E-state index in [1.54, 1.807) is 0 Å². The largest absolute Gasteiger partial charge is 0.271 e. The summed E-state index contributed by atoms with van der Waals surface area (Å²) >= 11 is 0. The van der Waals surface area contributed by atoms with E-state index in [4.69, 9.17) is 5.84 Å². The lowest BCUT2D eigenvalue weighted by Crippen LogP contribution is -2.30. The smallest absolute Gasteiger partial charge is 0.0490 e. The van der Waals surface area contributed by atoms with Crippen LogP contribution in [0.3, 0.4) is 0 Å². The average Bonchev–Trinajstić information content (AvgIpc) is 2.95. The van der Waals surface area contributed by atoms with E-state index >= 15 is 0 Å². The molecule has 0 aliphatic heterocycles. The highest BCUT2D eigenvalue weighted by atomic mass is 15.2. The van der Waals surface area contributed by atoms with E-state index in [2.05, 4.69) is 36.6 Å². The first kappa shape index (κ1) is 11.2. The predicted molar refractivity (Wildman–Crippen MR) is 70.4 cm³/mol. The standard InChI is InChI=1S/C15H22N2/c1-10-8-14(10)15(17-16)13-7-3-6-12(9-13)11-4-2-5-11/h3,6-7,9-11,14-15,17H,2,4-5,8,16H2,1H3. The maximum Gasteiger partial charge on any atom is 0.0490 e. The molecule has 92 valence electrons. The highest BCUT2D eigenvalue weighted by Crippen LogP contribution is 2.47. The van der Waals surface area contributed by atoms with E-state index in [-0.39, 0.29) is 0 Å². The molecule has 2 aliphatic carbocycles. The Labute approximate surface area is 104 Å². The van der Waals surface area contributed by atoms with Gasteiger partial charge in [0.2, 0.25) is 0 Å². The predicted octanol–water partition coefficient (Wildman–Crippen LogP) is 3.11. The molecule has 3 rings (SSSR count). The van der Waals surface area contributed by atoms with Crippen LogP contribution in [0.4, 0.5) is 0 Å². The van der Waals surface area contributed by atoms with Crippen molar-refractivity contribution in [2.75, 3.05) is 0 Å². The van der Waals surface area contributed by atoms with E-state index in [0.29, 0.717) is 6.04 Å². The summed E-state index contributed by atoms with van der Waals surface area (Å²) in [5.74, 6) is 8.10. The van der Waals surface area contributed by atoms with Crippen molar-refractivity contribution < 1.29 is 0 Å². The molecule has 3 atom stereocenters. The Hall–Kier alpha value is -0.860. The third-order valence-electron chi connectivity index (χ3n) is 4.63. The highest BCUT2D eigenvalue weighted by Gasteiger charge is 2.39. The molecule has 1 aromatic rings. The van der Waals surface area contributed by atoms with Crippen LogP contribution in [0.15, 0.2) is 24.3 Å². The minimum absolute atomic E-state index is 0.352. The van der Waals surface area contributed by atoms with Gasteiger partial charge in [-0.3, -0.25) is 11.3 Å². The molecule has 2 saturated carbocycles. The second-order valence-corrected chi connectivity index (χ2v) is 5.82. The number of nitrogens with one attached hydrogen (secondary N) is 1. The number of benzene rings is 1. The zero-order chi connectivity index (χ0) is 11.8. The molecule has 2 heteroatoms. The summed E-state index contributed by atoms with van der Waals surface area (Å²) in [6.45, 7) is 2.31. The molecule has 17 heavy (non-hydrogen) atoms. The molecule has 2 aliphatic rings. The fourth-order valence-electron chi connectivity index (χ4n) is 3.03. The Morgan fingerprint density at radius 1 is 1.35 bits per heavy atom. The van der Waals surface area contributed by atoms with Crippen molar-refractivity contribution in [2.45, 2.75) is 44.6 Å². The van der Waals surface area contributed by atoms with Crippen LogP contribution in [0.1, 0.15) is 55.7 Å². The molecule has 0 saturated heterocycles. The Morgan fingerprint density at radius 2 is 2.12 bits per heavy atom. The van der Waals surface area contributed by atoms with Gasteiger partial charge in [-0.05, 0) is 48.1 Å². The maximum atomic E-state index is 5.73. The van der Waals surface area contributed by atoms with Gasteiger partial charge in [-0.1, -0.05) is 37.6 Å². The van der Waals surface area contributed by atoms with Crippen LogP contribution in [-0.4, -0.2) is 0 Å². The Balaban J connectivity index is 1.80. The third-order valence-corrected chi connectivity index (χ3v) is 4.63. The van der Waals surface area contributed by atoms with Gasteiger partial charge in [-0.25, -0.2) is 0 Å². The molecule has 3 unspecified atom stereocenters. The van der Waals surface area contributed by atoms with Gasteiger partial charge in [0.15, 0.2) is 0 Å². The first-order chi connectivity index (χ1) is 8.29. The molecule has 3 N–H and O–H groups in total. The minimum Gasteiger partial charge on any atom is -0.271 e. The van der Waals surface area contributed by atoms with Gasteiger partial charge in [0, 0.05) is 6.04 Å². The van der Waals surface area contributed by atoms with Crippen LogP contribution in [0.5, 0.6) is 0 Å². The van der Waals surface area contributed by atoms with Crippen LogP contribution in [0.2, 0.25) is 0 Å². The Kier molecular flexibility index (Phi) is 2.93. The summed E-state index contributed by atoms with van der Waals surface area (Å²) in [7, 11) is 0. The zero-order valence-electron chi connectivity index (χ0n) is 10.5. The summed E-state index contributed by atoms with van der Waals surface area (Å²) in [6, 6.07) is 9.42. The first-order valence-electron chi connectivity index (χ1n) is 6.85. The summed E-state index contributed by atoms with van der Waals surface area (Å²) in [5.41, 5.74) is 5.91. The summed E-state index contributed by atoms with van der Waals surface area (Å²) < 4.78 is 0. The van der Waals surface area contributed by atoms with E-state index in [0.717, 1.165) is 17.8 Å². The molecule has 0 heterocycles. The van der Waals surface area contributed by atoms with Crippen molar-refractivity contribution >= 4 is 0 Å². The number of hydrogen-bond donors (Lipinski definition) is 2. The third kappa shape index (κ3) is 2.12. The molecule has 0 aromatic heterocycles. The van der Waals surface area contributed by atoms with Crippen LogP contribution in [-0.2, 0) is 0 Å². The van der Waals surface area contributed by atoms with Gasteiger partial charge in [0.25, 0.3) is 0 Å². The molecule has 0 spiro atoms. The molecule has 0 amide bonds. The summed E-state index contributed by atoms with van der Waals surface area (Å²) in [6.07, 6.45) is 5.43. The van der Waals surface area contributed by atoms with Crippen molar-refractivity contribution in [1.29, 1.82) is 0 Å². The summed E-state index contributed by atoms with van der Waals surface area (Å²) in [4.78, 5) is 0. The molecule has 0 bridgehead atoms. The van der Waals surface area contributed by atoms with Crippen molar-refractivity contribution in [3.05, 3.63) is 35.4 Å². The first-order valence-corrected chi connectivity index (χ1v) is 6.85. The zero-order valence-corrected chi connectivity index (χ0v) is 10.5. The van der Waals surface area contributed by atoms with Crippen LogP contribution < -0.4 is 11.3 Å². The van der Waals surface area contributed by atoms with Crippen LogP contribution in [0, 0.1) is 11.8 Å². The number of rotatable bonds is 4. The molecular weight excluding hydrogens is 208 g/mol. The lowest BCUT2D eigenvalue weighted by molar-refractivity contribution is 0.417. The monoisotopic (exact) mass is 230 g/mol. The lowest BCUT2D eigenvalue weighted by atomic mass is 9.79. The van der Waals surface area contributed by atoms with Crippen molar-refractivity contribution in [2.24, 2.45) is 17.7 Å². The van der Waals surface area contributed by atoms with Gasteiger partial charge in [-0.2, -0.15) is 0 Å². The molecule has 2 nitrogen and oxygen atoms in total. The van der Waals surface area contributed by atoms with Crippen molar-refractivity contribution in [3.8, 4) is 0 Å². The maximum absolute atomic E-state index is 5.73. The highest BCUT2D eigenvalue weighted by molar-refractivity contribution is 5.30. The lowest BCUT2D eigenvalue weighted by Gasteiger charge is -2.27. The molecule has 1 aromatic carbocycles. The van der Waals surface area contributed by atoms with Crippen molar-refractivity contribution in [1.82, 2.24) is 5.43 Å². The molecule has 0 radical (unpaired) electrons. The second kappa shape index (κ2) is 4.43. The Morgan fingerprint density at radius 3 is 2.65 bits per heavy atom. The van der Waals surface area contributed by atoms with Gasteiger partial charge < -0.3 is 0 Å². The average molecular weight is 230 g/mol. The fourth-order valence-corrected chi connectivity index (χ4v) is 3.03. The van der Waals surface area contributed by atoms with Crippen LogP contribution >= 0.6 is 0 Å². The van der Waals surface area contributed by atoms with E-state index in [1.165, 1.54) is 36.8 Å². The molecule has 2 fully saturated rings. The van der Waals surface area contributed by atoms with Gasteiger partial charge in [0.1, 0.15) is 0 Å².